The molecule has 0 aliphatic carbocycles. The monoisotopic (exact) mass is 653 g/mol. The zero-order valence-electron chi connectivity index (χ0n) is 24.5. The van der Waals surface area contributed by atoms with Gasteiger partial charge in [-0.2, -0.15) is 14.0 Å². The Kier molecular flexibility index (Phi) is 9.56. The van der Waals surface area contributed by atoms with Gasteiger partial charge in [0.1, 0.15) is 57.8 Å². The van der Waals surface area contributed by atoms with E-state index in [1.54, 1.807) is 18.5 Å². The van der Waals surface area contributed by atoms with Crippen LogP contribution in [0.15, 0.2) is 73.1 Å². The number of alkyl halides is 2. The molecule has 0 saturated heterocycles. The molecule has 0 amide bonds. The van der Waals surface area contributed by atoms with Crippen molar-refractivity contribution in [1.29, 1.82) is 5.26 Å². The number of nitriles is 1. The number of aryl methyl sites for hydroxylation is 1. The molecule has 1 heterocycles. The van der Waals surface area contributed by atoms with Crippen molar-refractivity contribution in [3.05, 3.63) is 125 Å². The topological polar surface area (TPSA) is 58.8 Å². The quantitative estimate of drug-likeness (QED) is 0.111. The molecule has 240 valence electrons. The Hall–Kier alpha value is -5.31. The Bertz CT molecular complexity index is 1950. The van der Waals surface area contributed by atoms with Crippen molar-refractivity contribution in [1.82, 2.24) is 9.97 Å². The second kappa shape index (κ2) is 13.6. The Morgan fingerprint density at radius 2 is 1.21 bits per heavy atom. The van der Waals surface area contributed by atoms with E-state index in [-0.39, 0.29) is 28.8 Å². The average Bonchev–Trinajstić information content (AvgIpc) is 3.00. The fraction of sp³-hybridized carbons (Fsp3) is 0.171. The first kappa shape index (κ1) is 33.1. The minimum atomic E-state index is -4.77. The molecule has 1 aromatic heterocycles. The highest BCUT2D eigenvalue weighted by molar-refractivity contribution is 5.73. The second-order valence-corrected chi connectivity index (χ2v) is 10.6. The van der Waals surface area contributed by atoms with Crippen molar-refractivity contribution in [3.8, 4) is 45.5 Å². The molecule has 0 saturated carbocycles. The summed E-state index contributed by atoms with van der Waals surface area (Å²) in [7, 11) is 0. The summed E-state index contributed by atoms with van der Waals surface area (Å²) in [4.78, 5) is 8.61. The zero-order valence-corrected chi connectivity index (χ0v) is 24.5. The summed E-state index contributed by atoms with van der Waals surface area (Å²) in [6.45, 7) is 2.10. The summed E-state index contributed by atoms with van der Waals surface area (Å²) in [5.74, 6) is -9.33. The van der Waals surface area contributed by atoms with Crippen LogP contribution in [-0.2, 0) is 12.5 Å². The first-order valence-corrected chi connectivity index (χ1v) is 14.3. The molecule has 0 radical (unpaired) electrons. The number of nitrogens with zero attached hydrogens (tertiary/aromatic N) is 3. The average molecular weight is 654 g/mol. The van der Waals surface area contributed by atoms with Gasteiger partial charge in [0, 0.05) is 41.2 Å². The van der Waals surface area contributed by atoms with E-state index in [1.807, 2.05) is 0 Å². The molecule has 0 fully saturated rings. The molecular weight excluding hydrogens is 630 g/mol. The molecule has 0 atom stereocenters. The van der Waals surface area contributed by atoms with Gasteiger partial charge in [0.15, 0.2) is 5.82 Å². The van der Waals surface area contributed by atoms with Crippen LogP contribution >= 0.6 is 0 Å². The maximum absolute atomic E-state index is 15.2. The van der Waals surface area contributed by atoms with E-state index in [2.05, 4.69) is 21.6 Å². The van der Waals surface area contributed by atoms with Crippen LogP contribution in [0.5, 0.6) is 5.75 Å². The number of unbranched alkanes of at least 4 members (excludes halogenated alkanes) is 2. The van der Waals surface area contributed by atoms with Crippen molar-refractivity contribution >= 4 is 0 Å². The number of aromatic nitrogens is 2. The Morgan fingerprint density at radius 1 is 0.681 bits per heavy atom. The predicted molar refractivity (Wildman–Crippen MR) is 157 cm³/mol. The van der Waals surface area contributed by atoms with Crippen LogP contribution in [0.3, 0.4) is 0 Å². The van der Waals surface area contributed by atoms with Gasteiger partial charge < -0.3 is 4.74 Å². The third-order valence-electron chi connectivity index (χ3n) is 7.30. The van der Waals surface area contributed by atoms with Gasteiger partial charge in [-0.3, -0.25) is 0 Å². The number of halogens is 8. The van der Waals surface area contributed by atoms with Gasteiger partial charge in [0.2, 0.25) is 0 Å². The van der Waals surface area contributed by atoms with Crippen LogP contribution < -0.4 is 4.74 Å². The lowest BCUT2D eigenvalue weighted by molar-refractivity contribution is -0.189. The molecule has 0 spiro atoms. The molecule has 0 aliphatic heterocycles. The third kappa shape index (κ3) is 7.09. The molecule has 47 heavy (non-hydrogen) atoms. The van der Waals surface area contributed by atoms with Gasteiger partial charge in [0.05, 0.1) is 0 Å². The highest BCUT2D eigenvalue weighted by Gasteiger charge is 2.41. The number of hydrogen-bond acceptors (Lipinski definition) is 4. The van der Waals surface area contributed by atoms with Gasteiger partial charge >= 0.3 is 6.11 Å². The molecule has 0 unspecified atom stereocenters. The molecule has 0 aliphatic rings. The number of ether oxygens (including phenoxy) is 1. The maximum atomic E-state index is 15.2. The van der Waals surface area contributed by atoms with Crippen molar-refractivity contribution < 1.29 is 39.9 Å². The van der Waals surface area contributed by atoms with Gasteiger partial charge in [-0.25, -0.2) is 36.3 Å². The van der Waals surface area contributed by atoms with E-state index in [9.17, 15) is 26.3 Å². The highest BCUT2D eigenvalue weighted by Crippen LogP contribution is 2.39. The Labute approximate surface area is 263 Å². The predicted octanol–water partition coefficient (Wildman–Crippen LogP) is 10.0. The summed E-state index contributed by atoms with van der Waals surface area (Å²) in [6, 6.07) is 10.0. The normalized spacial score (nSPS) is 11.4. The van der Waals surface area contributed by atoms with Gasteiger partial charge in [-0.1, -0.05) is 44.0 Å². The van der Waals surface area contributed by atoms with Crippen molar-refractivity contribution in [3.63, 3.8) is 0 Å². The van der Waals surface area contributed by atoms with E-state index in [0.717, 1.165) is 43.4 Å². The van der Waals surface area contributed by atoms with Gasteiger partial charge in [0.25, 0.3) is 0 Å². The summed E-state index contributed by atoms with van der Waals surface area (Å²) in [6.07, 6.45) is 2.60. The summed E-state index contributed by atoms with van der Waals surface area (Å²) < 4.78 is 122. The van der Waals surface area contributed by atoms with Gasteiger partial charge in [-0.15, -0.1) is 0 Å². The SMILES string of the molecule is CCCCCc1cnc(-c2ccc(-c3ccc(-c4cc(F)c(C(F)(F)Oc5cc(F)c(C#N)c(F)c5)c(F)c4)c(F)c3)c(F)c2)nc1. The molecule has 4 nitrogen and oxygen atoms in total. The lowest BCUT2D eigenvalue weighted by Gasteiger charge is -2.20. The molecule has 4 aromatic carbocycles. The van der Waals surface area contributed by atoms with Crippen LogP contribution in [0, 0.1) is 46.2 Å². The first-order chi connectivity index (χ1) is 22.4. The molecule has 12 heteroatoms. The lowest BCUT2D eigenvalue weighted by Crippen LogP contribution is -2.25. The van der Waals surface area contributed by atoms with E-state index < -0.39 is 63.5 Å². The molecular formula is C35H23F8N3O. The van der Waals surface area contributed by atoms with Crippen molar-refractivity contribution in [2.45, 2.75) is 38.7 Å². The molecule has 0 bridgehead atoms. The summed E-state index contributed by atoms with van der Waals surface area (Å²) in [5.41, 5.74) is -2.37. The highest BCUT2D eigenvalue weighted by atomic mass is 19.3. The van der Waals surface area contributed by atoms with E-state index in [1.165, 1.54) is 24.3 Å². The lowest BCUT2D eigenvalue weighted by atomic mass is 9.97. The molecule has 0 N–H and O–H groups in total. The third-order valence-corrected chi connectivity index (χ3v) is 7.30. The van der Waals surface area contributed by atoms with Crippen LogP contribution in [0.1, 0.15) is 42.9 Å². The summed E-state index contributed by atoms with van der Waals surface area (Å²) in [5, 5.41) is 8.71. The van der Waals surface area contributed by atoms with E-state index in [0.29, 0.717) is 23.5 Å². The Balaban J connectivity index is 1.37. The number of rotatable bonds is 10. The smallest absolute Gasteiger partial charge is 0.429 e. The van der Waals surface area contributed by atoms with Crippen LogP contribution in [0.2, 0.25) is 0 Å². The summed E-state index contributed by atoms with van der Waals surface area (Å²) >= 11 is 0. The standard InChI is InChI=1S/C35H23F8N3O/c1-2-3-4-5-19-17-45-34(46-18-19)21-7-9-24(28(37)11-21)20-6-8-25(27(36)10-20)22-12-31(40)33(32(41)13-22)35(42,43)47-23-14-29(38)26(16-44)30(39)15-23/h6-15,17-18H,2-5H2,1H3. The van der Waals surface area contributed by atoms with Crippen LogP contribution in [-0.4, -0.2) is 9.97 Å². The van der Waals surface area contributed by atoms with Crippen molar-refractivity contribution in [2.24, 2.45) is 0 Å². The minimum absolute atomic E-state index is 0.00978. The number of hydrogen-bond donors (Lipinski definition) is 0. The van der Waals surface area contributed by atoms with E-state index >= 15 is 8.78 Å². The maximum Gasteiger partial charge on any atom is 0.432 e. The van der Waals surface area contributed by atoms with Crippen molar-refractivity contribution in [2.75, 3.05) is 0 Å². The van der Waals surface area contributed by atoms with E-state index in [4.69, 9.17) is 5.26 Å². The zero-order chi connectivity index (χ0) is 33.9. The van der Waals surface area contributed by atoms with Crippen LogP contribution in [0.25, 0.3) is 33.6 Å². The molecule has 5 aromatic rings. The first-order valence-electron chi connectivity index (χ1n) is 14.3. The fourth-order valence-electron chi connectivity index (χ4n) is 4.94. The molecule has 5 rings (SSSR count). The largest absolute Gasteiger partial charge is 0.432 e. The minimum Gasteiger partial charge on any atom is -0.429 e. The van der Waals surface area contributed by atoms with Gasteiger partial charge in [-0.05, 0) is 53.8 Å². The fourth-order valence-corrected chi connectivity index (χ4v) is 4.94. The second-order valence-electron chi connectivity index (χ2n) is 10.6. The van der Waals surface area contributed by atoms with Crippen LogP contribution in [0.4, 0.5) is 35.1 Å². The Morgan fingerprint density at radius 3 is 1.77 bits per heavy atom. The number of benzene rings is 4.